The summed E-state index contributed by atoms with van der Waals surface area (Å²) in [5.74, 6) is -6.19. The molecule has 0 saturated carbocycles. The summed E-state index contributed by atoms with van der Waals surface area (Å²) in [6.45, 7) is -3.07. The van der Waals surface area contributed by atoms with Gasteiger partial charge in [0, 0.05) is 0 Å². The van der Waals surface area contributed by atoms with Crippen molar-refractivity contribution in [2.45, 2.75) is 0 Å². The van der Waals surface area contributed by atoms with Crippen molar-refractivity contribution in [1.82, 2.24) is 6.15 Å². The molecule has 0 atom stereocenters. The molecule has 15 heteroatoms. The molecule has 0 spiro atoms. The molecule has 0 saturated heterocycles. The molecule has 13 nitrogen and oxygen atoms in total. The number of hydrogen-bond donors (Lipinski definition) is 6. The average Bonchev–Trinajstić information content (AvgIpc) is 2.35. The van der Waals surface area contributed by atoms with Crippen molar-refractivity contribution < 1.29 is 59.0 Å². The van der Waals surface area contributed by atoms with Gasteiger partial charge in [-0.15, -0.1) is 0 Å². The fourth-order valence-electron chi connectivity index (χ4n) is 1.70. The first kappa shape index (κ1) is 37.9. The molecule has 0 aliphatic rings. The number of ether oxygens (including phenoxy) is 1. The first-order chi connectivity index (χ1) is 11.1. The SMILES string of the molecule is N.O=C([O-])C[N+](CC(=O)O)(CC(=O)O)CC(=O)O.OCCOCCO.[CaH2].[CaH2]. The number of aliphatic hydroxyl groups excluding tert-OH is 2. The maximum absolute atomic E-state index is 10.5. The van der Waals surface area contributed by atoms with Gasteiger partial charge in [0.2, 0.25) is 0 Å². The van der Waals surface area contributed by atoms with Crippen LogP contribution in [0.2, 0.25) is 0 Å². The molecule has 0 bridgehead atoms. The Hall–Kier alpha value is 0.199. The van der Waals surface area contributed by atoms with Crippen LogP contribution in [-0.4, -0.2) is 182 Å². The van der Waals surface area contributed by atoms with Gasteiger partial charge in [-0.2, -0.15) is 0 Å². The molecule has 27 heavy (non-hydrogen) atoms. The molecule has 0 rings (SSSR count). The summed E-state index contributed by atoms with van der Waals surface area (Å²) in [5, 5.41) is 52.3. The van der Waals surface area contributed by atoms with Crippen molar-refractivity contribution in [1.29, 1.82) is 0 Å². The second kappa shape index (κ2) is 22.5. The van der Waals surface area contributed by atoms with E-state index in [0.717, 1.165) is 0 Å². The third-order valence-electron chi connectivity index (χ3n) is 2.35. The Morgan fingerprint density at radius 2 is 1.04 bits per heavy atom. The molecule has 0 aliphatic carbocycles. The first-order valence-corrected chi connectivity index (χ1v) is 6.58. The van der Waals surface area contributed by atoms with E-state index >= 15 is 0 Å². The van der Waals surface area contributed by atoms with Crippen LogP contribution in [-0.2, 0) is 23.9 Å². The fraction of sp³-hybridized carbons (Fsp3) is 0.667. The van der Waals surface area contributed by atoms with Gasteiger partial charge in [0.15, 0.2) is 19.6 Å². The molecule has 0 aromatic carbocycles. The zero-order chi connectivity index (χ0) is 19.2. The molecule has 0 fully saturated rings. The van der Waals surface area contributed by atoms with Gasteiger partial charge in [0.1, 0.15) is 6.54 Å². The van der Waals surface area contributed by atoms with Gasteiger partial charge < -0.3 is 46.3 Å². The minimum atomic E-state index is -1.71. The molecular weight excluding hydrogens is 428 g/mol. The molecule has 0 aliphatic heterocycles. The van der Waals surface area contributed by atoms with Crippen molar-refractivity contribution in [2.75, 3.05) is 52.6 Å². The Kier molecular flexibility index (Phi) is 31.6. The van der Waals surface area contributed by atoms with E-state index in [9.17, 15) is 24.3 Å². The van der Waals surface area contributed by atoms with Gasteiger partial charge in [-0.05, 0) is 0 Å². The van der Waals surface area contributed by atoms with Crippen molar-refractivity contribution in [3.8, 4) is 0 Å². The number of aliphatic hydroxyl groups is 2. The summed E-state index contributed by atoms with van der Waals surface area (Å²) in [6, 6.07) is 0. The Labute approximate surface area is 215 Å². The number of carboxylic acid groups (broad SMARTS) is 4. The monoisotopic (exact) mass is 456 g/mol. The van der Waals surface area contributed by atoms with Crippen LogP contribution in [0.25, 0.3) is 0 Å². The molecule has 0 aromatic heterocycles. The minimum absolute atomic E-state index is 0. The van der Waals surface area contributed by atoms with Crippen LogP contribution in [0.3, 0.4) is 0 Å². The van der Waals surface area contributed by atoms with Gasteiger partial charge in [-0.1, -0.05) is 0 Å². The number of nitrogens with zero attached hydrogens (tertiary/aromatic N) is 1. The Morgan fingerprint density at radius 1 is 0.741 bits per heavy atom. The summed E-state index contributed by atoms with van der Waals surface area (Å²) >= 11 is 0. The van der Waals surface area contributed by atoms with Crippen molar-refractivity contribution in [3.63, 3.8) is 0 Å². The zero-order valence-electron chi connectivity index (χ0n) is 13.5. The number of carbonyl (C=O) groups excluding carboxylic acids is 1. The van der Waals surface area contributed by atoms with E-state index in [1.807, 2.05) is 0 Å². The number of rotatable bonds is 12. The van der Waals surface area contributed by atoms with Crippen molar-refractivity contribution in [2.24, 2.45) is 0 Å². The fourth-order valence-corrected chi connectivity index (χ4v) is 1.70. The number of carbonyl (C=O) groups is 4. The number of hydrogen-bond acceptors (Lipinski definition) is 9. The van der Waals surface area contributed by atoms with Gasteiger partial charge in [0.25, 0.3) is 0 Å². The second-order valence-electron chi connectivity index (χ2n) is 4.59. The maximum atomic E-state index is 10.5. The first-order valence-electron chi connectivity index (χ1n) is 6.58. The quantitative estimate of drug-likeness (QED) is 0.0914. The summed E-state index contributed by atoms with van der Waals surface area (Å²) in [4.78, 5) is 42.1. The van der Waals surface area contributed by atoms with Gasteiger partial charge in [-0.25, -0.2) is 14.4 Å². The third kappa shape index (κ3) is 26.2. The molecule has 8 N–H and O–H groups in total. The van der Waals surface area contributed by atoms with Crippen LogP contribution >= 0.6 is 0 Å². The topological polar surface area (TPSA) is 237 Å². The Morgan fingerprint density at radius 3 is 1.22 bits per heavy atom. The summed E-state index contributed by atoms with van der Waals surface area (Å²) < 4.78 is 3.50. The van der Waals surface area contributed by atoms with Crippen molar-refractivity contribution in [3.05, 3.63) is 0 Å². The second-order valence-corrected chi connectivity index (χ2v) is 4.59. The van der Waals surface area contributed by atoms with Crippen LogP contribution in [0.1, 0.15) is 0 Å². The predicted molar refractivity (Wildman–Crippen MR) is 94.7 cm³/mol. The molecule has 0 aromatic rings. The van der Waals surface area contributed by atoms with Crippen LogP contribution in [0.4, 0.5) is 0 Å². The number of aliphatic carboxylic acids is 4. The summed E-state index contributed by atoms with van der Waals surface area (Å²) in [6.07, 6.45) is 0. The number of carboxylic acids is 4. The molecule has 156 valence electrons. The van der Waals surface area contributed by atoms with Gasteiger partial charge in [0.05, 0.1) is 32.4 Å². The third-order valence-corrected chi connectivity index (χ3v) is 2.35. The predicted octanol–water partition coefficient (Wildman–Crippen LogP) is -5.88. The Balaban J connectivity index is -0.000000139. The number of quaternary nitrogens is 1. The van der Waals surface area contributed by atoms with E-state index in [-0.39, 0.29) is 94.8 Å². The van der Waals surface area contributed by atoms with E-state index < -0.39 is 54.5 Å². The van der Waals surface area contributed by atoms with E-state index in [1.54, 1.807) is 0 Å². The van der Waals surface area contributed by atoms with Crippen molar-refractivity contribution >= 4 is 99.4 Å². The standard InChI is InChI=1S/C8H11NO8.C4H10O3.2Ca.H3N.4H/c10-5(11)1-9(2-6(12)13,3-7(14)15)4-8(16)17;5-1-3-7-4-2-6;;;;;;;/h1-4H2,(H3-,10,11,12,13,14,15,16,17);5-6H,1-4H2;;;1H3;;;;. The summed E-state index contributed by atoms with van der Waals surface area (Å²) in [5.41, 5.74) is 0. The van der Waals surface area contributed by atoms with Gasteiger partial charge in [-0.3, -0.25) is 4.48 Å². The average molecular weight is 457 g/mol. The van der Waals surface area contributed by atoms with E-state index in [0.29, 0.717) is 13.2 Å². The molecule has 0 unspecified atom stereocenters. The molecule has 0 radical (unpaired) electrons. The van der Waals surface area contributed by atoms with Crippen LogP contribution < -0.4 is 11.3 Å². The Bertz CT molecular complexity index is 364. The van der Waals surface area contributed by atoms with E-state index in [2.05, 4.69) is 4.74 Å². The van der Waals surface area contributed by atoms with E-state index in [1.165, 1.54) is 0 Å². The van der Waals surface area contributed by atoms with E-state index in [4.69, 9.17) is 25.5 Å². The molecule has 0 heterocycles. The normalized spacial score (nSPS) is 9.26. The van der Waals surface area contributed by atoms with Gasteiger partial charge >= 0.3 is 93.4 Å². The molecular formula is C12H28Ca2N2O11. The zero-order valence-corrected chi connectivity index (χ0v) is 13.5. The van der Waals surface area contributed by atoms with Crippen LogP contribution in [0, 0.1) is 0 Å². The van der Waals surface area contributed by atoms with Crippen LogP contribution in [0.5, 0.6) is 0 Å². The summed E-state index contributed by atoms with van der Waals surface area (Å²) in [7, 11) is 0. The molecule has 0 amide bonds. The van der Waals surface area contributed by atoms with Crippen LogP contribution in [0.15, 0.2) is 0 Å².